The van der Waals surface area contributed by atoms with Crippen LogP contribution in [0.2, 0.25) is 0 Å². The van der Waals surface area contributed by atoms with Crippen molar-refractivity contribution in [3.63, 3.8) is 0 Å². The van der Waals surface area contributed by atoms with Crippen molar-refractivity contribution in [3.05, 3.63) is 0 Å². The van der Waals surface area contributed by atoms with Gasteiger partial charge in [0.1, 0.15) is 0 Å². The zero-order valence-corrected chi connectivity index (χ0v) is 8.79. The molecule has 1 radical (unpaired) electrons. The minimum absolute atomic E-state index is 0. The second-order valence-corrected chi connectivity index (χ2v) is 3.26. The van der Waals surface area contributed by atoms with Gasteiger partial charge >= 0.3 is 5.97 Å². The summed E-state index contributed by atoms with van der Waals surface area (Å²) in [5.41, 5.74) is -2.16. The maximum Gasteiger partial charge on any atom is 0.354 e. The Kier molecular flexibility index (Phi) is 7.95. The van der Waals surface area contributed by atoms with Crippen molar-refractivity contribution in [2.75, 3.05) is 12.0 Å². The second-order valence-electron chi connectivity index (χ2n) is 2.27. The Morgan fingerprint density at radius 3 is 2.31 bits per heavy atom. The van der Waals surface area contributed by atoms with E-state index in [4.69, 9.17) is 16.8 Å². The SMILES string of the molecule is CSCCC(O)(C(=O)O)N(N)N.[Cu]. The number of hydrogen-bond acceptors (Lipinski definition) is 6. The molecule has 0 aromatic rings. The van der Waals surface area contributed by atoms with Gasteiger partial charge in [0, 0.05) is 23.5 Å². The molecule has 0 aliphatic carbocycles. The monoisotopic (exact) mass is 258 g/mol. The van der Waals surface area contributed by atoms with E-state index in [0.29, 0.717) is 10.9 Å². The van der Waals surface area contributed by atoms with E-state index >= 15 is 0 Å². The van der Waals surface area contributed by atoms with E-state index in [1.165, 1.54) is 11.8 Å². The Labute approximate surface area is 91.0 Å². The minimum Gasteiger partial charge on any atom is -0.478 e. The zero-order valence-electron chi connectivity index (χ0n) is 7.03. The largest absolute Gasteiger partial charge is 0.478 e. The van der Waals surface area contributed by atoms with Gasteiger partial charge in [0.2, 0.25) is 5.72 Å². The maximum absolute atomic E-state index is 10.5. The van der Waals surface area contributed by atoms with Gasteiger partial charge in [-0.3, -0.25) is 11.7 Å². The quantitative estimate of drug-likeness (QED) is 0.207. The summed E-state index contributed by atoms with van der Waals surface area (Å²) >= 11 is 1.40. The first kappa shape index (κ1) is 15.6. The van der Waals surface area contributed by atoms with E-state index in [2.05, 4.69) is 0 Å². The molecule has 8 heteroatoms. The van der Waals surface area contributed by atoms with Crippen molar-refractivity contribution < 1.29 is 32.1 Å². The van der Waals surface area contributed by atoms with E-state index in [1.54, 1.807) is 6.26 Å². The molecule has 0 saturated carbocycles. The van der Waals surface area contributed by atoms with Gasteiger partial charge in [-0.1, -0.05) is 0 Å². The van der Waals surface area contributed by atoms with E-state index in [-0.39, 0.29) is 23.5 Å². The summed E-state index contributed by atoms with van der Waals surface area (Å²) in [5.74, 6) is 8.99. The van der Waals surface area contributed by atoms with Crippen molar-refractivity contribution >= 4 is 17.7 Å². The molecular weight excluding hydrogens is 246 g/mol. The predicted molar refractivity (Wildman–Crippen MR) is 45.8 cm³/mol. The van der Waals surface area contributed by atoms with Crippen LogP contribution in [0.4, 0.5) is 0 Å². The van der Waals surface area contributed by atoms with Gasteiger partial charge in [0.25, 0.3) is 0 Å². The van der Waals surface area contributed by atoms with Crippen LogP contribution in [0.25, 0.3) is 0 Å². The van der Waals surface area contributed by atoms with Gasteiger partial charge in [0.05, 0.1) is 0 Å². The van der Waals surface area contributed by atoms with Crippen molar-refractivity contribution in [2.45, 2.75) is 12.1 Å². The van der Waals surface area contributed by atoms with Crippen LogP contribution in [0, 0.1) is 0 Å². The molecule has 0 spiro atoms. The number of aliphatic carboxylic acids is 1. The van der Waals surface area contributed by atoms with Gasteiger partial charge in [-0.05, 0) is 12.0 Å². The fourth-order valence-electron chi connectivity index (χ4n) is 0.591. The molecule has 83 valence electrons. The van der Waals surface area contributed by atoms with Crippen LogP contribution in [0.3, 0.4) is 0 Å². The first-order chi connectivity index (χ1) is 5.45. The van der Waals surface area contributed by atoms with Crippen LogP contribution >= 0.6 is 11.8 Å². The van der Waals surface area contributed by atoms with Crippen LogP contribution in [-0.2, 0) is 21.9 Å². The Morgan fingerprint density at radius 1 is 1.62 bits per heavy atom. The maximum atomic E-state index is 10.5. The standard InChI is InChI=1S/C5H13N3O3S.Cu/c1-12-3-2-5(11,4(9)10)8(6)7;/h11H,2-3,6-7H2,1H3,(H,9,10);. The first-order valence-corrected chi connectivity index (χ1v) is 4.59. The van der Waals surface area contributed by atoms with E-state index in [9.17, 15) is 9.90 Å². The van der Waals surface area contributed by atoms with Crippen molar-refractivity contribution in [1.29, 1.82) is 0 Å². The molecule has 0 bridgehead atoms. The molecule has 6 nitrogen and oxygen atoms in total. The Balaban J connectivity index is 0. The number of carbonyl (C=O) groups is 1. The number of nitrogens with zero attached hydrogens (tertiary/aromatic N) is 1. The molecule has 0 aliphatic rings. The smallest absolute Gasteiger partial charge is 0.354 e. The molecule has 1 unspecified atom stereocenters. The van der Waals surface area contributed by atoms with Crippen LogP contribution in [-0.4, -0.2) is 39.0 Å². The third kappa shape index (κ3) is 4.28. The van der Waals surface area contributed by atoms with Crippen molar-refractivity contribution in [2.24, 2.45) is 11.7 Å². The molecule has 0 aliphatic heterocycles. The fraction of sp³-hybridized carbons (Fsp3) is 0.800. The third-order valence-electron chi connectivity index (χ3n) is 1.42. The van der Waals surface area contributed by atoms with Crippen LogP contribution in [0.15, 0.2) is 0 Å². The normalized spacial score (nSPS) is 14.8. The number of rotatable bonds is 5. The van der Waals surface area contributed by atoms with Gasteiger partial charge in [-0.25, -0.2) is 4.79 Å². The number of aliphatic hydroxyl groups is 1. The van der Waals surface area contributed by atoms with E-state index in [1.807, 2.05) is 0 Å². The molecule has 0 aromatic heterocycles. The number of carboxylic acid groups (broad SMARTS) is 1. The number of nitrogens with two attached hydrogens (primary N) is 2. The number of hydrogen-bond donors (Lipinski definition) is 4. The summed E-state index contributed by atoms with van der Waals surface area (Å²) in [7, 11) is 0. The Hall–Kier alpha value is 0.179. The summed E-state index contributed by atoms with van der Waals surface area (Å²) in [6.07, 6.45) is 1.77. The van der Waals surface area contributed by atoms with Crippen LogP contribution in [0.5, 0.6) is 0 Å². The van der Waals surface area contributed by atoms with Gasteiger partial charge in [0.15, 0.2) is 0 Å². The summed E-state index contributed by atoms with van der Waals surface area (Å²) in [4.78, 5) is 10.5. The van der Waals surface area contributed by atoms with Crippen LogP contribution in [0.1, 0.15) is 6.42 Å². The van der Waals surface area contributed by atoms with E-state index < -0.39 is 11.7 Å². The van der Waals surface area contributed by atoms with Crippen molar-refractivity contribution in [1.82, 2.24) is 5.12 Å². The summed E-state index contributed by atoms with van der Waals surface area (Å²) in [6, 6.07) is 0. The Bertz CT molecular complexity index is 171. The molecule has 0 fully saturated rings. The molecule has 1 atom stereocenters. The molecule has 0 saturated heterocycles. The molecule has 0 amide bonds. The number of thioether (sulfide) groups is 1. The number of hydrazine groups is 2. The van der Waals surface area contributed by atoms with E-state index in [0.717, 1.165) is 0 Å². The molecule has 0 aromatic carbocycles. The first-order valence-electron chi connectivity index (χ1n) is 3.19. The average molecular weight is 259 g/mol. The minimum atomic E-state index is -2.16. The summed E-state index contributed by atoms with van der Waals surface area (Å²) in [6.45, 7) is 0. The topological polar surface area (TPSA) is 113 Å². The van der Waals surface area contributed by atoms with Gasteiger partial charge < -0.3 is 10.2 Å². The average Bonchev–Trinajstić information content (AvgIpc) is 1.99. The van der Waals surface area contributed by atoms with Gasteiger partial charge in [-0.15, -0.1) is 5.12 Å². The summed E-state index contributed by atoms with van der Waals surface area (Å²) in [5, 5.41) is 18.2. The predicted octanol–water partition coefficient (Wildman–Crippen LogP) is -1.44. The number of carboxylic acids is 1. The molecule has 13 heavy (non-hydrogen) atoms. The van der Waals surface area contributed by atoms with Crippen molar-refractivity contribution in [3.8, 4) is 0 Å². The molecule has 6 N–H and O–H groups in total. The second kappa shape index (κ2) is 6.61. The molecule has 0 rings (SSSR count). The fourth-order valence-corrected chi connectivity index (χ4v) is 1.08. The summed E-state index contributed by atoms with van der Waals surface area (Å²) < 4.78 is 0. The third-order valence-corrected chi connectivity index (χ3v) is 2.04. The molecular formula is C5H13CuN3O3S. The van der Waals surface area contributed by atoms with Gasteiger partial charge in [-0.2, -0.15) is 11.8 Å². The molecule has 0 heterocycles. The Morgan fingerprint density at radius 2 is 2.08 bits per heavy atom. The zero-order chi connectivity index (χ0) is 9.78. The van der Waals surface area contributed by atoms with Crippen LogP contribution < -0.4 is 11.7 Å².